The van der Waals surface area contributed by atoms with E-state index in [-0.39, 0.29) is 0 Å². The molecule has 2 aromatic heterocycles. The Morgan fingerprint density at radius 2 is 1.91 bits per heavy atom. The first-order valence-corrected chi connectivity index (χ1v) is 7.94. The molecule has 0 radical (unpaired) electrons. The Morgan fingerprint density at radius 1 is 1.13 bits per heavy atom. The number of aromatic amines is 1. The highest BCUT2D eigenvalue weighted by molar-refractivity contribution is 5.58. The fourth-order valence-electron chi connectivity index (χ4n) is 2.60. The number of nitrogens with zero attached hydrogens (tertiary/aromatic N) is 4. The fourth-order valence-corrected chi connectivity index (χ4v) is 2.60. The molecule has 3 rings (SSSR count). The van der Waals surface area contributed by atoms with E-state index in [4.69, 9.17) is 0 Å². The quantitative estimate of drug-likeness (QED) is 0.760. The van der Waals surface area contributed by atoms with Crippen molar-refractivity contribution in [1.29, 1.82) is 0 Å². The summed E-state index contributed by atoms with van der Waals surface area (Å²) in [5, 5.41) is 11.9. The predicted octanol–water partition coefficient (Wildman–Crippen LogP) is 3.22. The summed E-state index contributed by atoms with van der Waals surface area (Å²) in [6.45, 7) is 6.13. The van der Waals surface area contributed by atoms with Gasteiger partial charge in [0.25, 0.3) is 0 Å². The van der Waals surface area contributed by atoms with E-state index in [1.54, 1.807) is 0 Å². The molecule has 0 fully saturated rings. The number of hydrogen-bond donors (Lipinski definition) is 1. The van der Waals surface area contributed by atoms with Crippen LogP contribution in [-0.2, 0) is 20.1 Å². The number of rotatable bonds is 6. The lowest BCUT2D eigenvalue weighted by Gasteiger charge is -2.25. The SMILES string of the molecule is CC(C)N(Cc1cc(-c2ccccc2)n[nH]1)Cc1ccnn1C. The van der Waals surface area contributed by atoms with Gasteiger partial charge in [-0.15, -0.1) is 0 Å². The van der Waals surface area contributed by atoms with Gasteiger partial charge < -0.3 is 0 Å². The molecule has 23 heavy (non-hydrogen) atoms. The standard InChI is InChI=1S/C18H23N5/c1-14(2)23(13-17-9-10-19-22(17)3)12-16-11-18(21-20-16)15-7-5-4-6-8-15/h4-11,14H,12-13H2,1-3H3,(H,20,21). The third-order valence-corrected chi connectivity index (χ3v) is 4.09. The van der Waals surface area contributed by atoms with Crippen molar-refractivity contribution in [1.82, 2.24) is 24.9 Å². The monoisotopic (exact) mass is 309 g/mol. The highest BCUT2D eigenvalue weighted by Crippen LogP contribution is 2.19. The molecule has 0 amide bonds. The highest BCUT2D eigenvalue weighted by atomic mass is 15.3. The molecule has 2 heterocycles. The minimum atomic E-state index is 0.438. The van der Waals surface area contributed by atoms with E-state index < -0.39 is 0 Å². The number of hydrogen-bond acceptors (Lipinski definition) is 3. The number of nitrogens with one attached hydrogen (secondary N) is 1. The van der Waals surface area contributed by atoms with Crippen LogP contribution >= 0.6 is 0 Å². The maximum Gasteiger partial charge on any atom is 0.0924 e. The van der Waals surface area contributed by atoms with Crippen molar-refractivity contribution in [2.45, 2.75) is 33.0 Å². The van der Waals surface area contributed by atoms with E-state index in [0.717, 1.165) is 30.0 Å². The molecular weight excluding hydrogens is 286 g/mol. The number of benzene rings is 1. The zero-order chi connectivity index (χ0) is 16.2. The van der Waals surface area contributed by atoms with Crippen LogP contribution in [0.4, 0.5) is 0 Å². The molecule has 0 aliphatic heterocycles. The van der Waals surface area contributed by atoms with E-state index in [1.165, 1.54) is 5.69 Å². The lowest BCUT2D eigenvalue weighted by Crippen LogP contribution is -2.30. The predicted molar refractivity (Wildman–Crippen MR) is 91.6 cm³/mol. The van der Waals surface area contributed by atoms with Crippen LogP contribution in [0.3, 0.4) is 0 Å². The van der Waals surface area contributed by atoms with Crippen LogP contribution < -0.4 is 0 Å². The number of H-pyrrole nitrogens is 1. The summed E-state index contributed by atoms with van der Waals surface area (Å²) >= 11 is 0. The minimum Gasteiger partial charge on any atom is -0.289 e. The van der Waals surface area contributed by atoms with Gasteiger partial charge in [-0.2, -0.15) is 10.2 Å². The second-order valence-corrected chi connectivity index (χ2v) is 6.09. The Bertz CT molecular complexity index is 742. The zero-order valence-corrected chi connectivity index (χ0v) is 13.9. The van der Waals surface area contributed by atoms with Crippen LogP contribution in [0.25, 0.3) is 11.3 Å². The summed E-state index contributed by atoms with van der Waals surface area (Å²) in [7, 11) is 1.98. The van der Waals surface area contributed by atoms with Crippen molar-refractivity contribution in [3.63, 3.8) is 0 Å². The van der Waals surface area contributed by atoms with Gasteiger partial charge in [0.15, 0.2) is 0 Å². The summed E-state index contributed by atoms with van der Waals surface area (Å²) in [5.41, 5.74) is 4.46. The molecule has 0 aliphatic carbocycles. The molecule has 0 bridgehead atoms. The molecule has 1 N–H and O–H groups in total. The summed E-state index contributed by atoms with van der Waals surface area (Å²) in [6, 6.07) is 14.9. The topological polar surface area (TPSA) is 49.7 Å². The molecular formula is C18H23N5. The smallest absolute Gasteiger partial charge is 0.0924 e. The Labute approximate surface area is 136 Å². The van der Waals surface area contributed by atoms with Gasteiger partial charge in [-0.05, 0) is 26.0 Å². The van der Waals surface area contributed by atoms with Crippen LogP contribution in [0, 0.1) is 0 Å². The maximum absolute atomic E-state index is 4.44. The van der Waals surface area contributed by atoms with Crippen LogP contribution in [0.2, 0.25) is 0 Å². The van der Waals surface area contributed by atoms with E-state index in [0.29, 0.717) is 6.04 Å². The second-order valence-electron chi connectivity index (χ2n) is 6.09. The molecule has 0 atom stereocenters. The lowest BCUT2D eigenvalue weighted by molar-refractivity contribution is 0.196. The lowest BCUT2D eigenvalue weighted by atomic mass is 10.1. The van der Waals surface area contributed by atoms with Crippen LogP contribution in [0.15, 0.2) is 48.7 Å². The van der Waals surface area contributed by atoms with Crippen molar-refractivity contribution in [3.8, 4) is 11.3 Å². The summed E-state index contributed by atoms with van der Waals surface area (Å²) in [6.07, 6.45) is 1.84. The van der Waals surface area contributed by atoms with Crippen molar-refractivity contribution in [3.05, 3.63) is 60.0 Å². The third-order valence-electron chi connectivity index (χ3n) is 4.09. The first-order chi connectivity index (χ1) is 11.1. The van der Waals surface area contributed by atoms with Crippen molar-refractivity contribution in [2.24, 2.45) is 7.05 Å². The minimum absolute atomic E-state index is 0.438. The van der Waals surface area contributed by atoms with Gasteiger partial charge in [0, 0.05) is 43.6 Å². The van der Waals surface area contributed by atoms with Gasteiger partial charge in [-0.25, -0.2) is 0 Å². The molecule has 5 heteroatoms. The Hall–Kier alpha value is -2.40. The molecule has 3 aromatic rings. The highest BCUT2D eigenvalue weighted by Gasteiger charge is 2.14. The third kappa shape index (κ3) is 3.68. The van der Waals surface area contributed by atoms with Gasteiger partial charge in [0.1, 0.15) is 0 Å². The second kappa shape index (κ2) is 6.79. The molecule has 5 nitrogen and oxygen atoms in total. The number of aromatic nitrogens is 4. The largest absolute Gasteiger partial charge is 0.289 e. The molecule has 120 valence electrons. The van der Waals surface area contributed by atoms with E-state index in [9.17, 15) is 0 Å². The van der Waals surface area contributed by atoms with E-state index in [1.807, 2.05) is 36.1 Å². The molecule has 0 spiro atoms. The average molecular weight is 309 g/mol. The Kier molecular flexibility index (Phi) is 4.57. The normalized spacial score (nSPS) is 11.5. The Morgan fingerprint density at radius 3 is 2.57 bits per heavy atom. The average Bonchev–Trinajstić information content (AvgIpc) is 3.17. The maximum atomic E-state index is 4.44. The van der Waals surface area contributed by atoms with Crippen molar-refractivity contribution in [2.75, 3.05) is 0 Å². The van der Waals surface area contributed by atoms with E-state index >= 15 is 0 Å². The van der Waals surface area contributed by atoms with Crippen LogP contribution in [0.5, 0.6) is 0 Å². The fraction of sp³-hybridized carbons (Fsp3) is 0.333. The molecule has 0 aliphatic rings. The summed E-state index contributed by atoms with van der Waals surface area (Å²) in [4.78, 5) is 2.40. The van der Waals surface area contributed by atoms with Crippen molar-refractivity contribution >= 4 is 0 Å². The van der Waals surface area contributed by atoms with Gasteiger partial charge in [0.05, 0.1) is 11.4 Å². The summed E-state index contributed by atoms with van der Waals surface area (Å²) in [5.74, 6) is 0. The van der Waals surface area contributed by atoms with Gasteiger partial charge in [0.2, 0.25) is 0 Å². The molecule has 0 saturated heterocycles. The van der Waals surface area contributed by atoms with Gasteiger partial charge in [-0.1, -0.05) is 30.3 Å². The van der Waals surface area contributed by atoms with Crippen LogP contribution in [-0.4, -0.2) is 30.9 Å². The Balaban J connectivity index is 1.74. The van der Waals surface area contributed by atoms with E-state index in [2.05, 4.69) is 58.3 Å². The van der Waals surface area contributed by atoms with Gasteiger partial charge in [-0.3, -0.25) is 14.7 Å². The molecule has 0 saturated carbocycles. The van der Waals surface area contributed by atoms with Crippen molar-refractivity contribution < 1.29 is 0 Å². The molecule has 0 unspecified atom stereocenters. The van der Waals surface area contributed by atoms with Crippen LogP contribution in [0.1, 0.15) is 25.2 Å². The first-order valence-electron chi connectivity index (χ1n) is 7.94. The molecule has 1 aromatic carbocycles. The zero-order valence-electron chi connectivity index (χ0n) is 13.9. The number of aryl methyl sites for hydroxylation is 1. The van der Waals surface area contributed by atoms with Gasteiger partial charge >= 0.3 is 0 Å². The first kappa shape index (κ1) is 15.5. The summed E-state index contributed by atoms with van der Waals surface area (Å²) < 4.78 is 1.93.